The summed E-state index contributed by atoms with van der Waals surface area (Å²) in [7, 11) is 0. The zero-order chi connectivity index (χ0) is 10.8. The van der Waals surface area contributed by atoms with E-state index in [0.29, 0.717) is 18.9 Å². The molecule has 3 heteroatoms. The van der Waals surface area contributed by atoms with Crippen molar-refractivity contribution in [3.05, 3.63) is 0 Å². The third kappa shape index (κ3) is 4.85. The molecule has 82 valence electrons. The third-order valence-corrected chi connectivity index (χ3v) is 2.83. The molecule has 1 aliphatic rings. The van der Waals surface area contributed by atoms with Crippen LogP contribution in [0.15, 0.2) is 0 Å². The lowest BCUT2D eigenvalue weighted by Gasteiger charge is -2.18. The minimum atomic E-state index is 0.0610. The topological polar surface area (TPSA) is 29.1 Å². The van der Waals surface area contributed by atoms with Crippen LogP contribution in [0, 0.1) is 11.3 Å². The predicted octanol–water partition coefficient (Wildman–Crippen LogP) is 2.56. The average molecular weight is 218 g/mol. The average Bonchev–Trinajstić information content (AvgIpc) is 2.78. The van der Waals surface area contributed by atoms with Gasteiger partial charge in [-0.25, -0.2) is 0 Å². The number of carbonyl (C=O) groups is 1. The van der Waals surface area contributed by atoms with Gasteiger partial charge in [0.15, 0.2) is 0 Å². The Balaban J connectivity index is 2.14. The second kappa shape index (κ2) is 4.52. The Hall–Kier alpha value is -0.240. The molecule has 1 fully saturated rings. The minimum Gasteiger partial charge on any atom is -0.355 e. The Bertz CT molecular complexity index is 206. The van der Waals surface area contributed by atoms with Gasteiger partial charge in [-0.1, -0.05) is 20.8 Å². The first-order chi connectivity index (χ1) is 6.38. The molecule has 0 radical (unpaired) electrons. The van der Waals surface area contributed by atoms with Gasteiger partial charge in [-0.2, -0.15) is 0 Å². The first-order valence-corrected chi connectivity index (χ1v) is 5.73. The van der Waals surface area contributed by atoms with Crippen LogP contribution in [-0.4, -0.2) is 17.8 Å². The highest BCUT2D eigenvalue weighted by atomic mass is 35.5. The van der Waals surface area contributed by atoms with Gasteiger partial charge < -0.3 is 5.32 Å². The lowest BCUT2D eigenvalue weighted by atomic mass is 9.92. The van der Waals surface area contributed by atoms with Gasteiger partial charge in [0.05, 0.1) is 5.38 Å². The molecular weight excluding hydrogens is 198 g/mol. The Kier molecular flexibility index (Phi) is 3.82. The predicted molar refractivity (Wildman–Crippen MR) is 59.4 cm³/mol. The summed E-state index contributed by atoms with van der Waals surface area (Å²) in [6, 6.07) is 0. The molecule has 1 rings (SSSR count). The van der Waals surface area contributed by atoms with Crippen LogP contribution >= 0.6 is 11.6 Å². The maximum Gasteiger partial charge on any atom is 0.220 e. The van der Waals surface area contributed by atoms with Crippen molar-refractivity contribution in [2.45, 2.75) is 45.4 Å². The van der Waals surface area contributed by atoms with Crippen molar-refractivity contribution < 1.29 is 4.79 Å². The lowest BCUT2D eigenvalue weighted by molar-refractivity contribution is -0.122. The van der Waals surface area contributed by atoms with Gasteiger partial charge in [-0.3, -0.25) is 4.79 Å². The Morgan fingerprint density at radius 3 is 2.50 bits per heavy atom. The molecule has 14 heavy (non-hydrogen) atoms. The second-order valence-electron chi connectivity index (χ2n) is 5.39. The molecule has 0 spiro atoms. The SMILES string of the molecule is CC(C)(C)CC(=O)NCC(Cl)C1CC1. The van der Waals surface area contributed by atoms with Gasteiger partial charge in [-0.15, -0.1) is 11.6 Å². The smallest absolute Gasteiger partial charge is 0.220 e. The molecule has 2 nitrogen and oxygen atoms in total. The highest BCUT2D eigenvalue weighted by Gasteiger charge is 2.29. The Labute approximate surface area is 91.4 Å². The fraction of sp³-hybridized carbons (Fsp3) is 0.909. The first kappa shape index (κ1) is 11.8. The van der Waals surface area contributed by atoms with Crippen molar-refractivity contribution in [2.75, 3.05) is 6.54 Å². The van der Waals surface area contributed by atoms with E-state index in [1.54, 1.807) is 0 Å². The molecule has 0 bridgehead atoms. The molecule has 1 amide bonds. The summed E-state index contributed by atoms with van der Waals surface area (Å²) < 4.78 is 0. The molecule has 0 aliphatic heterocycles. The number of carbonyl (C=O) groups excluding carboxylic acids is 1. The molecular formula is C11H20ClNO. The fourth-order valence-corrected chi connectivity index (χ4v) is 1.71. The van der Waals surface area contributed by atoms with Gasteiger partial charge in [-0.05, 0) is 24.2 Å². The number of hydrogen-bond donors (Lipinski definition) is 1. The zero-order valence-electron chi connectivity index (χ0n) is 9.27. The third-order valence-electron chi connectivity index (χ3n) is 2.32. The molecule has 1 N–H and O–H groups in total. The number of rotatable bonds is 4. The number of halogens is 1. The summed E-state index contributed by atoms with van der Waals surface area (Å²) in [5.41, 5.74) is 0.0610. The minimum absolute atomic E-state index is 0.0610. The van der Waals surface area contributed by atoms with E-state index in [4.69, 9.17) is 11.6 Å². The largest absolute Gasteiger partial charge is 0.355 e. The van der Waals surface area contributed by atoms with E-state index in [9.17, 15) is 4.79 Å². The van der Waals surface area contributed by atoms with E-state index in [2.05, 4.69) is 26.1 Å². The summed E-state index contributed by atoms with van der Waals surface area (Å²) in [5.74, 6) is 0.760. The molecule has 1 atom stereocenters. The molecule has 0 aromatic rings. The molecule has 1 saturated carbocycles. The van der Waals surface area contributed by atoms with Gasteiger partial charge in [0, 0.05) is 13.0 Å². The standard InChI is InChI=1S/C11H20ClNO/c1-11(2,3)6-10(14)13-7-9(12)8-4-5-8/h8-9H,4-7H2,1-3H3,(H,13,14). The van der Waals surface area contributed by atoms with Crippen molar-refractivity contribution in [1.29, 1.82) is 0 Å². The zero-order valence-corrected chi connectivity index (χ0v) is 10.0. The van der Waals surface area contributed by atoms with E-state index >= 15 is 0 Å². The summed E-state index contributed by atoms with van der Waals surface area (Å²) >= 11 is 6.08. The number of nitrogens with one attached hydrogen (secondary N) is 1. The van der Waals surface area contributed by atoms with E-state index < -0.39 is 0 Å². The van der Waals surface area contributed by atoms with Crippen LogP contribution in [0.3, 0.4) is 0 Å². The normalized spacial score (nSPS) is 19.1. The van der Waals surface area contributed by atoms with Gasteiger partial charge in [0.25, 0.3) is 0 Å². The highest BCUT2D eigenvalue weighted by molar-refractivity contribution is 6.21. The van der Waals surface area contributed by atoms with Crippen LogP contribution in [-0.2, 0) is 4.79 Å². The van der Waals surface area contributed by atoms with Crippen molar-refractivity contribution in [3.63, 3.8) is 0 Å². The summed E-state index contributed by atoms with van der Waals surface area (Å²) in [6.07, 6.45) is 3.02. The van der Waals surface area contributed by atoms with Crippen molar-refractivity contribution in [2.24, 2.45) is 11.3 Å². The van der Waals surface area contributed by atoms with Crippen LogP contribution < -0.4 is 5.32 Å². The van der Waals surface area contributed by atoms with E-state index in [0.717, 1.165) is 0 Å². The fourth-order valence-electron chi connectivity index (χ4n) is 1.38. The van der Waals surface area contributed by atoms with Crippen molar-refractivity contribution in [3.8, 4) is 0 Å². The maximum atomic E-state index is 11.4. The monoisotopic (exact) mass is 217 g/mol. The van der Waals surface area contributed by atoms with Crippen LogP contribution in [0.4, 0.5) is 0 Å². The summed E-state index contributed by atoms with van der Waals surface area (Å²) in [4.78, 5) is 11.4. The van der Waals surface area contributed by atoms with E-state index in [1.807, 2.05) is 0 Å². The maximum absolute atomic E-state index is 11.4. The van der Waals surface area contributed by atoms with Gasteiger partial charge in [0.1, 0.15) is 0 Å². The van der Waals surface area contributed by atoms with Crippen LogP contribution in [0.5, 0.6) is 0 Å². The first-order valence-electron chi connectivity index (χ1n) is 5.29. The van der Waals surface area contributed by atoms with Crippen molar-refractivity contribution >= 4 is 17.5 Å². The van der Waals surface area contributed by atoms with Gasteiger partial charge >= 0.3 is 0 Å². The summed E-state index contributed by atoms with van der Waals surface area (Å²) in [5, 5.41) is 3.03. The Morgan fingerprint density at radius 2 is 2.07 bits per heavy atom. The van der Waals surface area contributed by atoms with E-state index in [-0.39, 0.29) is 16.7 Å². The number of hydrogen-bond acceptors (Lipinski definition) is 1. The molecule has 0 heterocycles. The quantitative estimate of drug-likeness (QED) is 0.721. The van der Waals surface area contributed by atoms with E-state index in [1.165, 1.54) is 12.8 Å². The van der Waals surface area contributed by atoms with Crippen LogP contribution in [0.25, 0.3) is 0 Å². The lowest BCUT2D eigenvalue weighted by Crippen LogP contribution is -2.32. The highest BCUT2D eigenvalue weighted by Crippen LogP contribution is 2.35. The molecule has 0 saturated heterocycles. The molecule has 1 aliphatic carbocycles. The Morgan fingerprint density at radius 1 is 1.50 bits per heavy atom. The van der Waals surface area contributed by atoms with Crippen LogP contribution in [0.2, 0.25) is 0 Å². The van der Waals surface area contributed by atoms with Crippen LogP contribution in [0.1, 0.15) is 40.0 Å². The summed E-state index contributed by atoms with van der Waals surface area (Å²) in [6.45, 7) is 6.81. The molecule has 0 aromatic heterocycles. The number of amides is 1. The van der Waals surface area contributed by atoms with Crippen molar-refractivity contribution in [1.82, 2.24) is 5.32 Å². The molecule has 0 aromatic carbocycles. The van der Waals surface area contributed by atoms with Gasteiger partial charge in [0.2, 0.25) is 5.91 Å². The number of alkyl halides is 1. The molecule has 1 unspecified atom stereocenters. The second-order valence-corrected chi connectivity index (χ2v) is 5.96.